The molecule has 2 aromatic carbocycles. The Morgan fingerprint density at radius 3 is 2.74 bits per heavy atom. The Hall–Kier alpha value is -5.29. The number of pyridine rings is 1. The van der Waals surface area contributed by atoms with Crippen LogP contribution in [0.4, 0.5) is 10.1 Å². The zero-order chi connectivity index (χ0) is 26.2. The lowest BCUT2D eigenvalue weighted by atomic mass is 10.0. The zero-order valence-corrected chi connectivity index (χ0v) is 20.6. The Morgan fingerprint density at radius 1 is 1.00 bits per heavy atom. The number of nitrogens with one attached hydrogen (secondary N) is 1. The van der Waals surface area contributed by atoms with E-state index in [9.17, 15) is 9.18 Å². The van der Waals surface area contributed by atoms with Crippen LogP contribution in [0, 0.1) is 24.7 Å². The van der Waals surface area contributed by atoms with Gasteiger partial charge in [0, 0.05) is 59.0 Å². The average Bonchev–Trinajstić information content (AvgIpc) is 3.49. The van der Waals surface area contributed by atoms with Crippen LogP contribution in [0.1, 0.15) is 27.2 Å². The first-order chi connectivity index (χ1) is 18.5. The van der Waals surface area contributed by atoms with Crippen molar-refractivity contribution >= 4 is 28.1 Å². The summed E-state index contributed by atoms with van der Waals surface area (Å²) in [4.78, 5) is 21.2. The average molecular weight is 501 g/mol. The number of halogens is 1. The first kappa shape index (κ1) is 23.1. The van der Waals surface area contributed by atoms with Gasteiger partial charge in [-0.1, -0.05) is 18.1 Å². The molecule has 6 rings (SSSR count). The number of anilines is 1. The number of aryl methyl sites for hydroxylation is 2. The number of carbonyl (C=O) groups excluding carboxylic acids is 1. The number of carbonyl (C=O) groups is 1. The molecule has 0 aliphatic carbocycles. The third-order valence-electron chi connectivity index (χ3n) is 6.39. The highest BCUT2D eigenvalue weighted by Gasteiger charge is 2.13. The molecule has 0 atom stereocenters. The maximum atomic E-state index is 13.3. The lowest BCUT2D eigenvalue weighted by Crippen LogP contribution is -2.12. The van der Waals surface area contributed by atoms with Crippen LogP contribution in [-0.4, -0.2) is 30.1 Å². The predicted molar refractivity (Wildman–Crippen MR) is 144 cm³/mol. The summed E-state index contributed by atoms with van der Waals surface area (Å²) >= 11 is 0. The summed E-state index contributed by atoms with van der Waals surface area (Å²) in [5.41, 5.74) is 6.96. The lowest BCUT2D eigenvalue weighted by Gasteiger charge is -2.08. The number of imidazole rings is 1. The van der Waals surface area contributed by atoms with E-state index in [-0.39, 0.29) is 5.91 Å². The van der Waals surface area contributed by atoms with Gasteiger partial charge in [-0.3, -0.25) is 4.79 Å². The molecule has 1 amide bonds. The first-order valence-corrected chi connectivity index (χ1v) is 11.9. The van der Waals surface area contributed by atoms with Crippen molar-refractivity contribution in [1.82, 2.24) is 24.1 Å². The summed E-state index contributed by atoms with van der Waals surface area (Å²) in [6.45, 7) is 1.95. The molecule has 0 aliphatic rings. The van der Waals surface area contributed by atoms with E-state index in [0.29, 0.717) is 16.9 Å². The van der Waals surface area contributed by atoms with Crippen LogP contribution in [-0.2, 0) is 7.05 Å². The van der Waals surface area contributed by atoms with Crippen molar-refractivity contribution < 1.29 is 9.18 Å². The zero-order valence-electron chi connectivity index (χ0n) is 20.6. The summed E-state index contributed by atoms with van der Waals surface area (Å²) in [5, 5.41) is 8.25. The maximum Gasteiger partial charge on any atom is 0.255 e. The monoisotopic (exact) mass is 500 g/mol. The molecular formula is C30H21FN6O. The van der Waals surface area contributed by atoms with Gasteiger partial charge < -0.3 is 9.88 Å². The summed E-state index contributed by atoms with van der Waals surface area (Å²) in [6, 6.07) is 17.9. The summed E-state index contributed by atoms with van der Waals surface area (Å²) in [7, 11) is 1.93. The second-order valence-corrected chi connectivity index (χ2v) is 8.93. The second kappa shape index (κ2) is 9.30. The molecule has 0 saturated heterocycles. The Balaban J connectivity index is 1.26. The third kappa shape index (κ3) is 4.27. The topological polar surface area (TPSA) is 77.1 Å². The molecule has 0 radical (unpaired) electrons. The van der Waals surface area contributed by atoms with E-state index in [4.69, 9.17) is 0 Å². The van der Waals surface area contributed by atoms with Crippen molar-refractivity contribution in [1.29, 1.82) is 0 Å². The van der Waals surface area contributed by atoms with E-state index in [1.165, 1.54) is 12.3 Å². The number of hydrogen-bond acceptors (Lipinski definition) is 4. The van der Waals surface area contributed by atoms with Crippen LogP contribution in [0.5, 0.6) is 0 Å². The lowest BCUT2D eigenvalue weighted by molar-refractivity contribution is 0.102. The quantitative estimate of drug-likeness (QED) is 0.261. The third-order valence-corrected chi connectivity index (χ3v) is 6.39. The normalized spacial score (nSPS) is 10.9. The predicted octanol–water partition coefficient (Wildman–Crippen LogP) is 5.38. The molecular weight excluding hydrogens is 479 g/mol. The van der Waals surface area contributed by atoms with Crippen LogP contribution in [0.3, 0.4) is 0 Å². The van der Waals surface area contributed by atoms with E-state index >= 15 is 0 Å². The molecule has 1 N–H and O–H groups in total. The van der Waals surface area contributed by atoms with Crippen LogP contribution in [0.25, 0.3) is 27.7 Å². The summed E-state index contributed by atoms with van der Waals surface area (Å²) in [5.74, 6) is 5.52. The van der Waals surface area contributed by atoms with Crippen LogP contribution in [0.2, 0.25) is 0 Å². The van der Waals surface area contributed by atoms with Gasteiger partial charge in [0.05, 0.1) is 11.7 Å². The van der Waals surface area contributed by atoms with Crippen LogP contribution < -0.4 is 5.32 Å². The fourth-order valence-electron chi connectivity index (χ4n) is 4.37. The Kier molecular flexibility index (Phi) is 5.66. The number of fused-ring (bicyclic) bond motifs is 2. The number of hydrogen-bond donors (Lipinski definition) is 1. The fourth-order valence-corrected chi connectivity index (χ4v) is 4.37. The molecule has 0 spiro atoms. The molecule has 4 aromatic heterocycles. The van der Waals surface area contributed by atoms with Crippen molar-refractivity contribution in [3.05, 3.63) is 114 Å². The number of nitrogens with zero attached hydrogens (tertiary/aromatic N) is 5. The summed E-state index contributed by atoms with van der Waals surface area (Å²) in [6.07, 6.45) is 6.85. The number of aromatic nitrogens is 5. The minimum absolute atomic E-state index is 0.235. The molecule has 4 heterocycles. The van der Waals surface area contributed by atoms with Crippen molar-refractivity contribution in [3.63, 3.8) is 0 Å². The fraction of sp³-hybridized carbons (Fsp3) is 0.0667. The smallest absolute Gasteiger partial charge is 0.255 e. The number of amides is 1. The molecule has 184 valence electrons. The molecule has 7 nitrogen and oxygen atoms in total. The van der Waals surface area contributed by atoms with Crippen molar-refractivity contribution in [3.8, 4) is 23.0 Å². The number of rotatable bonds is 3. The van der Waals surface area contributed by atoms with E-state index < -0.39 is 5.95 Å². The standard InChI is InChI=1S/C30H21FN6O/c1-19-5-6-21(14-20(19)7-10-24-17-33-29-4-3-13-34-37(24)29)30(38)35-23-9-11-25-26(18-36(2)27(25)15-23)22-8-12-28(31)32-16-22/h3-6,8-9,11-18H,1-2H3,(H,35,38). The van der Waals surface area contributed by atoms with Crippen molar-refractivity contribution in [2.45, 2.75) is 6.92 Å². The van der Waals surface area contributed by atoms with Crippen molar-refractivity contribution in [2.24, 2.45) is 7.05 Å². The Bertz CT molecular complexity index is 1910. The van der Waals surface area contributed by atoms with Gasteiger partial charge in [0.25, 0.3) is 5.91 Å². The van der Waals surface area contributed by atoms with Crippen LogP contribution in [0.15, 0.2) is 85.5 Å². The Labute approximate surface area is 217 Å². The van der Waals surface area contributed by atoms with Gasteiger partial charge in [0.2, 0.25) is 5.95 Å². The second-order valence-electron chi connectivity index (χ2n) is 8.93. The van der Waals surface area contributed by atoms with Gasteiger partial charge in [-0.05, 0) is 66.9 Å². The van der Waals surface area contributed by atoms with Gasteiger partial charge in [-0.25, -0.2) is 14.5 Å². The maximum absolute atomic E-state index is 13.3. The SMILES string of the molecule is Cc1ccc(C(=O)Nc2ccc3c(-c4ccc(F)nc4)cn(C)c3c2)cc1C#Cc1cnc2cccnn12. The molecule has 6 aromatic rings. The molecule has 8 heteroatoms. The largest absolute Gasteiger partial charge is 0.350 e. The highest BCUT2D eigenvalue weighted by Crippen LogP contribution is 2.31. The van der Waals surface area contributed by atoms with E-state index in [0.717, 1.165) is 38.8 Å². The first-order valence-electron chi connectivity index (χ1n) is 11.9. The minimum Gasteiger partial charge on any atom is -0.350 e. The minimum atomic E-state index is -0.517. The molecule has 0 unspecified atom stereocenters. The molecule has 0 aliphatic heterocycles. The van der Waals surface area contributed by atoms with E-state index in [2.05, 4.69) is 32.2 Å². The van der Waals surface area contributed by atoms with Crippen molar-refractivity contribution in [2.75, 3.05) is 5.32 Å². The van der Waals surface area contributed by atoms with Gasteiger partial charge in [0.1, 0.15) is 5.69 Å². The van der Waals surface area contributed by atoms with Gasteiger partial charge in [0.15, 0.2) is 5.65 Å². The molecule has 0 bridgehead atoms. The van der Waals surface area contributed by atoms with Gasteiger partial charge >= 0.3 is 0 Å². The van der Waals surface area contributed by atoms with Gasteiger partial charge in [-0.15, -0.1) is 0 Å². The summed E-state index contributed by atoms with van der Waals surface area (Å²) < 4.78 is 16.9. The van der Waals surface area contributed by atoms with E-state index in [1.54, 1.807) is 35.1 Å². The molecule has 0 saturated carbocycles. The van der Waals surface area contributed by atoms with Gasteiger partial charge in [-0.2, -0.15) is 9.49 Å². The molecule has 38 heavy (non-hydrogen) atoms. The van der Waals surface area contributed by atoms with E-state index in [1.807, 2.05) is 61.1 Å². The Morgan fingerprint density at radius 2 is 1.89 bits per heavy atom. The number of benzene rings is 2. The molecule has 0 fully saturated rings. The highest BCUT2D eigenvalue weighted by atomic mass is 19.1. The highest BCUT2D eigenvalue weighted by molar-refractivity contribution is 6.06. The van der Waals surface area contributed by atoms with Crippen LogP contribution >= 0.6 is 0 Å².